The Labute approximate surface area is 127 Å². The number of benzene rings is 1. The van der Waals surface area contributed by atoms with E-state index in [4.69, 9.17) is 0 Å². The first kappa shape index (κ1) is 14.4. The maximum Gasteiger partial charge on any atom is 0.318 e. The summed E-state index contributed by atoms with van der Waals surface area (Å²) in [6, 6.07) is 11.0. The van der Waals surface area contributed by atoms with Crippen molar-refractivity contribution in [3.05, 3.63) is 35.9 Å². The Morgan fingerprint density at radius 2 is 1.86 bits per heavy atom. The normalized spacial score (nSPS) is 22.0. The maximum absolute atomic E-state index is 12.1. The van der Waals surface area contributed by atoms with Gasteiger partial charge < -0.3 is 10.2 Å². The summed E-state index contributed by atoms with van der Waals surface area (Å²) in [4.78, 5) is 16.6. The molecule has 4 heteroatoms. The fourth-order valence-corrected chi connectivity index (χ4v) is 3.79. The number of nitrogens with zero attached hydrogens (tertiary/aromatic N) is 2. The molecule has 21 heavy (non-hydrogen) atoms. The highest BCUT2D eigenvalue weighted by atomic mass is 16.2. The Kier molecular flexibility index (Phi) is 3.89. The quantitative estimate of drug-likeness (QED) is 0.927. The van der Waals surface area contributed by atoms with Crippen LogP contribution in [0.1, 0.15) is 32.3 Å². The van der Waals surface area contributed by atoms with Crippen molar-refractivity contribution in [3.63, 3.8) is 0 Å². The van der Waals surface area contributed by atoms with Crippen molar-refractivity contribution in [2.24, 2.45) is 0 Å². The highest BCUT2D eigenvalue weighted by Gasteiger charge is 2.47. The number of nitrogens with one attached hydrogen (secondary N) is 1. The van der Waals surface area contributed by atoms with Crippen LogP contribution in [0.5, 0.6) is 0 Å². The molecule has 4 nitrogen and oxygen atoms in total. The predicted octanol–water partition coefficient (Wildman–Crippen LogP) is 2.45. The molecule has 0 aliphatic carbocycles. The molecule has 114 valence electrons. The second-order valence-corrected chi connectivity index (χ2v) is 6.61. The molecular formula is C17H25N3O. The number of rotatable bonds is 3. The first-order chi connectivity index (χ1) is 10.1. The molecule has 2 amide bonds. The number of hydrogen-bond acceptors (Lipinski definition) is 2. The van der Waals surface area contributed by atoms with Crippen LogP contribution in [0.25, 0.3) is 0 Å². The molecule has 1 spiro atoms. The molecule has 0 unspecified atom stereocenters. The Hall–Kier alpha value is -1.55. The van der Waals surface area contributed by atoms with E-state index < -0.39 is 0 Å². The lowest BCUT2D eigenvalue weighted by Crippen LogP contribution is -2.56. The lowest BCUT2D eigenvalue weighted by molar-refractivity contribution is 0.0567. The van der Waals surface area contributed by atoms with Crippen LogP contribution in [0.4, 0.5) is 4.79 Å². The summed E-state index contributed by atoms with van der Waals surface area (Å²) in [6.07, 6.45) is 2.13. The lowest BCUT2D eigenvalue weighted by Gasteiger charge is -2.45. The molecule has 2 saturated heterocycles. The van der Waals surface area contributed by atoms with E-state index in [-0.39, 0.29) is 17.6 Å². The van der Waals surface area contributed by atoms with Gasteiger partial charge in [-0.2, -0.15) is 0 Å². The molecule has 2 aliphatic heterocycles. The van der Waals surface area contributed by atoms with E-state index >= 15 is 0 Å². The topological polar surface area (TPSA) is 35.6 Å². The first-order valence-corrected chi connectivity index (χ1v) is 7.94. The van der Waals surface area contributed by atoms with Gasteiger partial charge in [-0.25, -0.2) is 4.79 Å². The van der Waals surface area contributed by atoms with Crippen molar-refractivity contribution in [2.45, 2.75) is 44.8 Å². The van der Waals surface area contributed by atoms with Crippen molar-refractivity contribution in [1.29, 1.82) is 0 Å². The van der Waals surface area contributed by atoms with Crippen molar-refractivity contribution < 1.29 is 4.79 Å². The number of carbonyl (C=O) groups is 1. The summed E-state index contributed by atoms with van der Waals surface area (Å²) in [5.74, 6) is 0. The molecule has 0 aromatic heterocycles. The van der Waals surface area contributed by atoms with E-state index in [1.165, 1.54) is 5.56 Å². The average molecular weight is 287 g/mol. The van der Waals surface area contributed by atoms with Crippen molar-refractivity contribution in [2.75, 3.05) is 19.6 Å². The molecule has 1 N–H and O–H groups in total. The van der Waals surface area contributed by atoms with Crippen LogP contribution in [-0.2, 0) is 6.54 Å². The van der Waals surface area contributed by atoms with Gasteiger partial charge in [0.05, 0.1) is 5.54 Å². The van der Waals surface area contributed by atoms with Gasteiger partial charge in [-0.3, -0.25) is 4.90 Å². The van der Waals surface area contributed by atoms with Gasteiger partial charge in [-0.15, -0.1) is 0 Å². The van der Waals surface area contributed by atoms with Crippen molar-refractivity contribution in [1.82, 2.24) is 15.1 Å². The smallest absolute Gasteiger partial charge is 0.318 e. The van der Waals surface area contributed by atoms with E-state index in [1.54, 1.807) is 0 Å². The zero-order chi connectivity index (χ0) is 14.9. The number of likely N-dealkylation sites (tertiary alicyclic amines) is 1. The van der Waals surface area contributed by atoms with Crippen molar-refractivity contribution >= 4 is 6.03 Å². The van der Waals surface area contributed by atoms with E-state index in [1.807, 2.05) is 0 Å². The molecule has 0 bridgehead atoms. The van der Waals surface area contributed by atoms with E-state index in [0.29, 0.717) is 0 Å². The minimum atomic E-state index is 0.0401. The summed E-state index contributed by atoms with van der Waals surface area (Å²) in [7, 11) is 0. The van der Waals surface area contributed by atoms with Gasteiger partial charge in [0.25, 0.3) is 0 Å². The second-order valence-electron chi connectivity index (χ2n) is 6.61. The molecule has 1 aromatic carbocycles. The van der Waals surface area contributed by atoms with E-state index in [2.05, 4.69) is 59.3 Å². The van der Waals surface area contributed by atoms with Gasteiger partial charge in [0, 0.05) is 32.2 Å². The summed E-state index contributed by atoms with van der Waals surface area (Å²) in [5, 5.41) is 3.04. The van der Waals surface area contributed by atoms with Crippen LogP contribution in [0, 0.1) is 0 Å². The summed E-state index contributed by atoms with van der Waals surface area (Å²) >= 11 is 0. The summed E-state index contributed by atoms with van der Waals surface area (Å²) in [6.45, 7) is 8.18. The zero-order valence-electron chi connectivity index (χ0n) is 13.0. The SMILES string of the molecule is CC(C)N1C(=O)NCC12CCN(Cc1ccccc1)CC2. The molecule has 2 heterocycles. The largest absolute Gasteiger partial charge is 0.336 e. The third-order valence-corrected chi connectivity index (χ3v) is 4.85. The van der Waals surface area contributed by atoms with Gasteiger partial charge in [0.1, 0.15) is 0 Å². The summed E-state index contributed by atoms with van der Waals surface area (Å²) in [5.41, 5.74) is 1.41. The Balaban J connectivity index is 1.63. The van der Waals surface area contributed by atoms with Gasteiger partial charge >= 0.3 is 6.03 Å². The van der Waals surface area contributed by atoms with Crippen LogP contribution in [0.3, 0.4) is 0 Å². The molecule has 2 aliphatic rings. The number of amides is 2. The third-order valence-electron chi connectivity index (χ3n) is 4.85. The number of carbonyl (C=O) groups excluding carboxylic acids is 1. The van der Waals surface area contributed by atoms with E-state index in [0.717, 1.165) is 39.0 Å². The van der Waals surface area contributed by atoms with Gasteiger partial charge in [0.2, 0.25) is 0 Å². The highest BCUT2D eigenvalue weighted by Crippen LogP contribution is 2.34. The fourth-order valence-electron chi connectivity index (χ4n) is 3.79. The Morgan fingerprint density at radius 1 is 1.19 bits per heavy atom. The first-order valence-electron chi connectivity index (χ1n) is 7.94. The Bertz CT molecular complexity index is 492. The molecule has 0 radical (unpaired) electrons. The van der Waals surface area contributed by atoms with Crippen LogP contribution in [0.15, 0.2) is 30.3 Å². The van der Waals surface area contributed by atoms with Crippen molar-refractivity contribution in [3.8, 4) is 0 Å². The molecule has 0 saturated carbocycles. The molecular weight excluding hydrogens is 262 g/mol. The molecule has 3 rings (SSSR count). The van der Waals surface area contributed by atoms with Gasteiger partial charge in [0.15, 0.2) is 0 Å². The van der Waals surface area contributed by atoms with Crippen LogP contribution < -0.4 is 5.32 Å². The summed E-state index contributed by atoms with van der Waals surface area (Å²) < 4.78 is 0. The second kappa shape index (κ2) is 5.68. The van der Waals surface area contributed by atoms with Crippen LogP contribution in [-0.4, -0.2) is 47.0 Å². The maximum atomic E-state index is 12.1. The predicted molar refractivity (Wildman–Crippen MR) is 84.1 cm³/mol. The number of piperidine rings is 1. The zero-order valence-corrected chi connectivity index (χ0v) is 13.0. The monoisotopic (exact) mass is 287 g/mol. The minimum Gasteiger partial charge on any atom is -0.336 e. The molecule has 0 atom stereocenters. The van der Waals surface area contributed by atoms with E-state index in [9.17, 15) is 4.79 Å². The van der Waals surface area contributed by atoms with Crippen LogP contribution in [0.2, 0.25) is 0 Å². The molecule has 2 fully saturated rings. The average Bonchev–Trinajstić information content (AvgIpc) is 2.80. The minimum absolute atomic E-state index is 0.0401. The number of urea groups is 1. The lowest BCUT2D eigenvalue weighted by atomic mass is 9.86. The Morgan fingerprint density at radius 3 is 2.48 bits per heavy atom. The van der Waals surface area contributed by atoms with Crippen LogP contribution >= 0.6 is 0 Å². The molecule has 1 aromatic rings. The number of hydrogen-bond donors (Lipinski definition) is 1. The van der Waals surface area contributed by atoms with Gasteiger partial charge in [-0.05, 0) is 32.3 Å². The highest BCUT2D eigenvalue weighted by molar-refractivity contribution is 5.78. The third kappa shape index (κ3) is 2.77. The fraction of sp³-hybridized carbons (Fsp3) is 0.588. The van der Waals surface area contributed by atoms with Gasteiger partial charge in [-0.1, -0.05) is 30.3 Å². The standard InChI is InChI=1S/C17H25N3O/c1-14(2)20-16(21)18-13-17(20)8-10-19(11-9-17)12-15-6-4-3-5-7-15/h3-7,14H,8-13H2,1-2H3,(H,18,21).